The van der Waals surface area contributed by atoms with Gasteiger partial charge in [0, 0.05) is 18.7 Å². The number of nitrogens with zero attached hydrogens (tertiary/aromatic N) is 1. The fraction of sp³-hybridized carbons (Fsp3) is 0.765. The lowest BCUT2D eigenvalue weighted by Crippen LogP contribution is -2.41. The summed E-state index contributed by atoms with van der Waals surface area (Å²) in [6.07, 6.45) is 4.44. The van der Waals surface area contributed by atoms with Crippen molar-refractivity contribution in [1.29, 1.82) is 0 Å². The fourth-order valence-corrected chi connectivity index (χ4v) is 2.35. The number of hydrogen-bond acceptors (Lipinski definition) is 4. The van der Waals surface area contributed by atoms with Crippen LogP contribution >= 0.6 is 0 Å². The first-order valence-electron chi connectivity index (χ1n) is 8.04. The van der Waals surface area contributed by atoms with Gasteiger partial charge in [0.15, 0.2) is 0 Å². The average Bonchev–Trinajstić information content (AvgIpc) is 2.43. The van der Waals surface area contributed by atoms with Crippen LogP contribution in [0.15, 0.2) is 11.6 Å². The number of likely N-dealkylation sites (tertiary alicyclic amines) is 1. The second-order valence-corrected chi connectivity index (χ2v) is 6.75. The number of rotatable bonds is 4. The molecular weight excluding hydrogens is 282 g/mol. The Hall–Kier alpha value is -1.52. The van der Waals surface area contributed by atoms with Gasteiger partial charge in [0.2, 0.25) is 0 Å². The highest BCUT2D eigenvalue weighted by Gasteiger charge is 2.26. The molecule has 0 unspecified atom stereocenters. The number of esters is 1. The van der Waals surface area contributed by atoms with E-state index in [-0.39, 0.29) is 12.1 Å². The number of piperidine rings is 1. The molecule has 0 aliphatic carbocycles. The van der Waals surface area contributed by atoms with Gasteiger partial charge in [-0.15, -0.1) is 0 Å². The van der Waals surface area contributed by atoms with Crippen molar-refractivity contribution in [3.63, 3.8) is 0 Å². The van der Waals surface area contributed by atoms with Crippen molar-refractivity contribution < 1.29 is 19.1 Å². The van der Waals surface area contributed by atoms with Crippen LogP contribution < -0.4 is 0 Å². The van der Waals surface area contributed by atoms with Gasteiger partial charge in [-0.3, -0.25) is 0 Å². The minimum absolute atomic E-state index is 0.232. The van der Waals surface area contributed by atoms with Crippen LogP contribution in [-0.2, 0) is 14.3 Å². The molecule has 0 aromatic heterocycles. The lowest BCUT2D eigenvalue weighted by molar-refractivity contribution is -0.138. The molecule has 1 rings (SSSR count). The maximum atomic E-state index is 12.0. The van der Waals surface area contributed by atoms with Gasteiger partial charge in [0.1, 0.15) is 5.60 Å². The van der Waals surface area contributed by atoms with Crippen molar-refractivity contribution in [2.45, 2.75) is 59.5 Å². The molecule has 0 aromatic carbocycles. The predicted molar refractivity (Wildman–Crippen MR) is 85.5 cm³/mol. The average molecular weight is 311 g/mol. The van der Waals surface area contributed by atoms with Gasteiger partial charge in [-0.1, -0.05) is 6.08 Å². The highest BCUT2D eigenvalue weighted by atomic mass is 16.6. The normalized spacial score (nSPS) is 17.3. The summed E-state index contributed by atoms with van der Waals surface area (Å²) in [4.78, 5) is 25.3. The van der Waals surface area contributed by atoms with Crippen molar-refractivity contribution in [3.8, 4) is 0 Å². The lowest BCUT2D eigenvalue weighted by Gasteiger charge is -2.33. The Balaban J connectivity index is 2.38. The molecule has 22 heavy (non-hydrogen) atoms. The van der Waals surface area contributed by atoms with Gasteiger partial charge in [-0.05, 0) is 59.8 Å². The molecule has 0 N–H and O–H groups in total. The molecule has 0 aromatic rings. The molecule has 1 aliphatic rings. The number of ether oxygens (including phenoxy) is 2. The molecule has 1 fully saturated rings. The van der Waals surface area contributed by atoms with Gasteiger partial charge in [-0.2, -0.15) is 0 Å². The molecule has 126 valence electrons. The topological polar surface area (TPSA) is 55.8 Å². The SMILES string of the molecule is CCOC(=O)/C(C)=C/CC1CCN(C(=O)OC(C)(C)C)CC1. The molecule has 1 amide bonds. The van der Waals surface area contributed by atoms with E-state index in [0.717, 1.165) is 19.3 Å². The fourth-order valence-electron chi connectivity index (χ4n) is 2.35. The maximum Gasteiger partial charge on any atom is 0.410 e. The number of carbonyl (C=O) groups is 2. The van der Waals surface area contributed by atoms with Crippen LogP contribution in [0.25, 0.3) is 0 Å². The van der Waals surface area contributed by atoms with E-state index in [1.54, 1.807) is 18.7 Å². The Labute approximate surface area is 133 Å². The van der Waals surface area contributed by atoms with Crippen molar-refractivity contribution >= 4 is 12.1 Å². The molecule has 1 saturated heterocycles. The van der Waals surface area contributed by atoms with E-state index in [4.69, 9.17) is 9.47 Å². The smallest absolute Gasteiger partial charge is 0.410 e. The predicted octanol–water partition coefficient (Wildman–Crippen LogP) is 3.53. The Morgan fingerprint density at radius 2 is 1.82 bits per heavy atom. The van der Waals surface area contributed by atoms with Crippen LogP contribution in [0.3, 0.4) is 0 Å². The van der Waals surface area contributed by atoms with Crippen LogP contribution in [0.2, 0.25) is 0 Å². The Morgan fingerprint density at radius 1 is 1.23 bits per heavy atom. The van der Waals surface area contributed by atoms with E-state index < -0.39 is 5.60 Å². The van der Waals surface area contributed by atoms with E-state index >= 15 is 0 Å². The molecule has 5 heteroatoms. The van der Waals surface area contributed by atoms with Gasteiger partial charge in [0.05, 0.1) is 6.61 Å². The van der Waals surface area contributed by atoms with Crippen molar-refractivity contribution in [3.05, 3.63) is 11.6 Å². The van der Waals surface area contributed by atoms with Crippen LogP contribution in [-0.4, -0.2) is 42.3 Å². The van der Waals surface area contributed by atoms with Crippen molar-refractivity contribution in [2.75, 3.05) is 19.7 Å². The maximum absolute atomic E-state index is 12.0. The van der Waals surface area contributed by atoms with Gasteiger partial charge >= 0.3 is 12.1 Å². The number of hydrogen-bond donors (Lipinski definition) is 0. The third-order valence-electron chi connectivity index (χ3n) is 3.62. The molecule has 0 bridgehead atoms. The Morgan fingerprint density at radius 3 is 2.32 bits per heavy atom. The molecule has 1 heterocycles. The highest BCUT2D eigenvalue weighted by molar-refractivity contribution is 5.87. The quantitative estimate of drug-likeness (QED) is 0.588. The standard InChI is InChI=1S/C17H29NO4/c1-6-21-15(19)13(2)7-8-14-9-11-18(12-10-14)16(20)22-17(3,4)5/h7,14H,6,8-12H2,1-5H3/b13-7+. The Kier molecular flexibility index (Phi) is 6.91. The number of carbonyl (C=O) groups excluding carboxylic acids is 2. The van der Waals surface area contributed by atoms with Crippen LogP contribution in [0.1, 0.15) is 53.9 Å². The van der Waals surface area contributed by atoms with Crippen molar-refractivity contribution in [1.82, 2.24) is 4.90 Å². The van der Waals surface area contributed by atoms with Gasteiger partial charge in [-0.25, -0.2) is 9.59 Å². The summed E-state index contributed by atoms with van der Waals surface area (Å²) in [5.74, 6) is 0.261. The summed E-state index contributed by atoms with van der Waals surface area (Å²) < 4.78 is 10.3. The minimum atomic E-state index is -0.451. The van der Waals surface area contributed by atoms with E-state index in [2.05, 4.69) is 0 Å². The minimum Gasteiger partial charge on any atom is -0.463 e. The highest BCUT2D eigenvalue weighted by Crippen LogP contribution is 2.23. The first-order valence-corrected chi connectivity index (χ1v) is 8.04. The zero-order valence-electron chi connectivity index (χ0n) is 14.5. The Bertz CT molecular complexity index is 415. The molecular formula is C17H29NO4. The van der Waals surface area contributed by atoms with Crippen molar-refractivity contribution in [2.24, 2.45) is 5.92 Å². The molecule has 5 nitrogen and oxygen atoms in total. The summed E-state index contributed by atoms with van der Waals surface area (Å²) in [5.41, 5.74) is 0.212. The first-order chi connectivity index (χ1) is 10.2. The summed E-state index contributed by atoms with van der Waals surface area (Å²) in [6.45, 7) is 11.0. The molecule has 0 saturated carbocycles. The summed E-state index contributed by atoms with van der Waals surface area (Å²) in [5, 5.41) is 0. The first kappa shape index (κ1) is 18.5. The van der Waals surface area contributed by atoms with Gasteiger partial charge < -0.3 is 14.4 Å². The third-order valence-corrected chi connectivity index (χ3v) is 3.62. The molecule has 1 aliphatic heterocycles. The second-order valence-electron chi connectivity index (χ2n) is 6.75. The number of amides is 1. The van der Waals surface area contributed by atoms with E-state index in [0.29, 0.717) is 31.2 Å². The summed E-state index contributed by atoms with van der Waals surface area (Å²) in [6, 6.07) is 0. The molecule has 0 radical (unpaired) electrons. The zero-order chi connectivity index (χ0) is 16.8. The third kappa shape index (κ3) is 6.50. The zero-order valence-corrected chi connectivity index (χ0v) is 14.5. The molecule has 0 spiro atoms. The van der Waals surface area contributed by atoms with E-state index in [1.807, 2.05) is 26.8 Å². The summed E-state index contributed by atoms with van der Waals surface area (Å²) in [7, 11) is 0. The second kappa shape index (κ2) is 8.20. The molecule has 0 atom stereocenters. The van der Waals surface area contributed by atoms with E-state index in [1.165, 1.54) is 0 Å². The summed E-state index contributed by atoms with van der Waals surface area (Å²) >= 11 is 0. The lowest BCUT2D eigenvalue weighted by atomic mass is 9.93. The largest absolute Gasteiger partial charge is 0.463 e. The monoisotopic (exact) mass is 311 g/mol. The van der Waals surface area contributed by atoms with Gasteiger partial charge in [0.25, 0.3) is 0 Å². The van der Waals surface area contributed by atoms with Crippen LogP contribution in [0.5, 0.6) is 0 Å². The van der Waals surface area contributed by atoms with Crippen LogP contribution in [0.4, 0.5) is 4.79 Å². The van der Waals surface area contributed by atoms with E-state index in [9.17, 15) is 9.59 Å². The number of allylic oxidation sites excluding steroid dienone is 1. The van der Waals surface area contributed by atoms with Crippen LogP contribution in [0, 0.1) is 5.92 Å².